The minimum absolute atomic E-state index is 0.0203. The smallest absolute Gasteiger partial charge is 0.317 e. The molecule has 1 aromatic carbocycles. The fraction of sp³-hybridized carbons (Fsp3) is 0.462. The molecule has 1 aromatic heterocycles. The molecule has 0 radical (unpaired) electrons. The molecule has 1 aliphatic rings. The van der Waals surface area contributed by atoms with Gasteiger partial charge in [0.1, 0.15) is 0 Å². The number of hydrogen-bond acceptors (Lipinski definition) is 2. The molecule has 2 aromatic rings. The molecule has 8 heteroatoms. The zero-order valence-corrected chi connectivity index (χ0v) is 10.8. The first-order chi connectivity index (χ1) is 9.88. The van der Waals surface area contributed by atoms with Crippen LogP contribution in [0.2, 0.25) is 0 Å². The van der Waals surface area contributed by atoms with E-state index in [0.717, 1.165) is 10.6 Å². The number of aromatic nitrogens is 2. The molecule has 0 saturated carbocycles. The Morgan fingerprint density at radius 2 is 1.71 bits per heavy atom. The van der Waals surface area contributed by atoms with Crippen LogP contribution in [0.15, 0.2) is 12.1 Å². The number of benzene rings is 1. The SMILES string of the molecule is Fc1cc2nc(C(F)(F)F)n(C3CCNCC3)c2cc1F. The van der Waals surface area contributed by atoms with Crippen LogP contribution in [0.25, 0.3) is 11.0 Å². The molecule has 2 heterocycles. The summed E-state index contributed by atoms with van der Waals surface area (Å²) in [5.41, 5.74) is -0.201. The van der Waals surface area contributed by atoms with Gasteiger partial charge in [-0.3, -0.25) is 0 Å². The summed E-state index contributed by atoms with van der Waals surface area (Å²) in [5.74, 6) is -3.48. The Balaban J connectivity index is 2.24. The third-order valence-corrected chi connectivity index (χ3v) is 3.66. The largest absolute Gasteiger partial charge is 0.449 e. The van der Waals surface area contributed by atoms with E-state index in [4.69, 9.17) is 0 Å². The molecular weight excluding hydrogens is 293 g/mol. The maximum atomic E-state index is 13.4. The van der Waals surface area contributed by atoms with Crippen molar-refractivity contribution in [3.63, 3.8) is 0 Å². The number of nitrogens with zero attached hydrogens (tertiary/aromatic N) is 2. The lowest BCUT2D eigenvalue weighted by molar-refractivity contribution is -0.147. The molecule has 21 heavy (non-hydrogen) atoms. The highest BCUT2D eigenvalue weighted by Gasteiger charge is 2.39. The number of rotatable bonds is 1. The monoisotopic (exact) mass is 305 g/mol. The molecule has 0 amide bonds. The van der Waals surface area contributed by atoms with Crippen molar-refractivity contribution in [3.8, 4) is 0 Å². The van der Waals surface area contributed by atoms with Crippen LogP contribution in [0, 0.1) is 11.6 Å². The topological polar surface area (TPSA) is 29.9 Å². The van der Waals surface area contributed by atoms with Gasteiger partial charge in [-0.1, -0.05) is 0 Å². The van der Waals surface area contributed by atoms with Crippen LogP contribution in [0.4, 0.5) is 22.0 Å². The summed E-state index contributed by atoms with van der Waals surface area (Å²) in [7, 11) is 0. The Morgan fingerprint density at radius 3 is 2.33 bits per heavy atom. The maximum absolute atomic E-state index is 13.4. The summed E-state index contributed by atoms with van der Waals surface area (Å²) < 4.78 is 67.1. The lowest BCUT2D eigenvalue weighted by Gasteiger charge is -2.26. The highest BCUT2D eigenvalue weighted by atomic mass is 19.4. The molecule has 0 bridgehead atoms. The van der Waals surface area contributed by atoms with Crippen molar-refractivity contribution in [1.29, 1.82) is 0 Å². The van der Waals surface area contributed by atoms with Gasteiger partial charge in [-0.05, 0) is 25.9 Å². The van der Waals surface area contributed by atoms with Crippen molar-refractivity contribution < 1.29 is 22.0 Å². The van der Waals surface area contributed by atoms with Gasteiger partial charge < -0.3 is 9.88 Å². The predicted octanol–water partition coefficient (Wildman–Crippen LogP) is 3.26. The number of nitrogens with one attached hydrogen (secondary N) is 1. The van der Waals surface area contributed by atoms with Gasteiger partial charge in [-0.25, -0.2) is 13.8 Å². The highest BCUT2D eigenvalue weighted by Crippen LogP contribution is 2.36. The second kappa shape index (κ2) is 4.94. The fourth-order valence-corrected chi connectivity index (χ4v) is 2.72. The standard InChI is InChI=1S/C13H12F5N3/c14-8-5-10-11(6-9(8)15)21(7-1-3-19-4-2-7)12(20-10)13(16,17)18/h5-7,19H,1-4H2. The number of fused-ring (bicyclic) bond motifs is 1. The molecule has 0 unspecified atom stereocenters. The molecular formula is C13H12F5N3. The Labute approximate surface area is 116 Å². The number of hydrogen-bond donors (Lipinski definition) is 1. The first-order valence-electron chi connectivity index (χ1n) is 6.53. The van der Waals surface area contributed by atoms with Crippen molar-refractivity contribution in [1.82, 2.24) is 14.9 Å². The van der Waals surface area contributed by atoms with E-state index in [1.165, 1.54) is 0 Å². The maximum Gasteiger partial charge on any atom is 0.449 e. The van der Waals surface area contributed by atoms with Crippen molar-refractivity contribution in [3.05, 3.63) is 29.6 Å². The van der Waals surface area contributed by atoms with Gasteiger partial charge in [0, 0.05) is 18.2 Å². The summed E-state index contributed by atoms with van der Waals surface area (Å²) in [6.07, 6.45) is -3.71. The molecule has 0 atom stereocenters. The van der Waals surface area contributed by atoms with Crippen molar-refractivity contribution >= 4 is 11.0 Å². The van der Waals surface area contributed by atoms with Crippen molar-refractivity contribution in [2.75, 3.05) is 13.1 Å². The predicted molar refractivity (Wildman–Crippen MR) is 65.8 cm³/mol. The lowest BCUT2D eigenvalue weighted by Crippen LogP contribution is -2.31. The van der Waals surface area contributed by atoms with Crippen LogP contribution < -0.4 is 5.32 Å². The van der Waals surface area contributed by atoms with Crippen molar-refractivity contribution in [2.45, 2.75) is 25.1 Å². The second-order valence-electron chi connectivity index (χ2n) is 5.04. The van der Waals surface area contributed by atoms with Gasteiger partial charge in [0.05, 0.1) is 11.0 Å². The van der Waals surface area contributed by atoms with E-state index >= 15 is 0 Å². The van der Waals surface area contributed by atoms with E-state index in [2.05, 4.69) is 10.3 Å². The summed E-state index contributed by atoms with van der Waals surface area (Å²) in [6, 6.07) is 1.06. The van der Waals surface area contributed by atoms with Crippen LogP contribution in [0.3, 0.4) is 0 Å². The first-order valence-corrected chi connectivity index (χ1v) is 6.53. The molecule has 1 N–H and O–H groups in total. The van der Waals surface area contributed by atoms with Crippen LogP contribution in [-0.4, -0.2) is 22.6 Å². The van der Waals surface area contributed by atoms with Gasteiger partial charge in [0.25, 0.3) is 0 Å². The Bertz CT molecular complexity index is 670. The van der Waals surface area contributed by atoms with Crippen LogP contribution in [-0.2, 0) is 6.18 Å². The third-order valence-electron chi connectivity index (χ3n) is 3.66. The molecule has 3 nitrogen and oxygen atoms in total. The first kappa shape index (κ1) is 14.2. The van der Waals surface area contributed by atoms with Gasteiger partial charge in [-0.2, -0.15) is 13.2 Å². The quantitative estimate of drug-likeness (QED) is 0.820. The van der Waals surface area contributed by atoms with E-state index < -0.39 is 29.7 Å². The molecule has 0 spiro atoms. The van der Waals surface area contributed by atoms with E-state index in [1.807, 2.05) is 0 Å². The fourth-order valence-electron chi connectivity index (χ4n) is 2.72. The molecule has 1 saturated heterocycles. The van der Waals surface area contributed by atoms with Gasteiger partial charge in [-0.15, -0.1) is 0 Å². The van der Waals surface area contributed by atoms with Crippen LogP contribution in [0.5, 0.6) is 0 Å². The van der Waals surface area contributed by atoms with Crippen LogP contribution >= 0.6 is 0 Å². The molecule has 1 fully saturated rings. The minimum Gasteiger partial charge on any atom is -0.317 e. The molecule has 1 aliphatic heterocycles. The summed E-state index contributed by atoms with van der Waals surface area (Å²) >= 11 is 0. The van der Waals surface area contributed by atoms with Gasteiger partial charge >= 0.3 is 6.18 Å². The summed E-state index contributed by atoms with van der Waals surface area (Å²) in [5, 5.41) is 3.05. The van der Waals surface area contributed by atoms with E-state index in [-0.39, 0.29) is 11.0 Å². The normalized spacial score (nSPS) is 17.6. The van der Waals surface area contributed by atoms with E-state index in [1.54, 1.807) is 0 Å². The number of halogens is 5. The zero-order valence-electron chi connectivity index (χ0n) is 10.8. The minimum atomic E-state index is -4.67. The number of piperidine rings is 1. The van der Waals surface area contributed by atoms with Crippen LogP contribution in [0.1, 0.15) is 24.7 Å². The number of alkyl halides is 3. The van der Waals surface area contributed by atoms with E-state index in [9.17, 15) is 22.0 Å². The zero-order chi connectivity index (χ0) is 15.2. The number of imidazole rings is 1. The second-order valence-corrected chi connectivity index (χ2v) is 5.04. The average Bonchev–Trinajstić information content (AvgIpc) is 2.79. The van der Waals surface area contributed by atoms with Gasteiger partial charge in [0.15, 0.2) is 11.6 Å². The summed E-state index contributed by atoms with van der Waals surface area (Å²) in [4.78, 5) is 3.47. The summed E-state index contributed by atoms with van der Waals surface area (Å²) in [6.45, 7) is 1.15. The molecule has 114 valence electrons. The van der Waals surface area contributed by atoms with E-state index in [0.29, 0.717) is 32.0 Å². The lowest BCUT2D eigenvalue weighted by atomic mass is 10.1. The molecule has 0 aliphatic carbocycles. The van der Waals surface area contributed by atoms with Gasteiger partial charge in [0.2, 0.25) is 5.82 Å². The Hall–Kier alpha value is -1.70. The average molecular weight is 305 g/mol. The molecule has 3 rings (SSSR count). The highest BCUT2D eigenvalue weighted by molar-refractivity contribution is 5.76. The third kappa shape index (κ3) is 2.48. The Kier molecular flexibility index (Phi) is 3.35. The van der Waals surface area contributed by atoms with Crippen molar-refractivity contribution in [2.24, 2.45) is 0 Å². The Morgan fingerprint density at radius 1 is 1.10 bits per heavy atom.